The molecule has 3 rings (SSSR count). The molecule has 0 saturated carbocycles. The SMILES string of the molecule is C=CCN(C[C@H]1CC(c2ccccc2)=NO1)C(=O)c1cccs1. The average Bonchev–Trinajstić information content (AvgIpc) is 3.26. The zero-order valence-corrected chi connectivity index (χ0v) is 13.5. The lowest BCUT2D eigenvalue weighted by Crippen LogP contribution is -2.37. The largest absolute Gasteiger partial charge is 0.390 e. The third-order valence-corrected chi connectivity index (χ3v) is 4.49. The van der Waals surface area contributed by atoms with E-state index in [4.69, 9.17) is 4.84 Å². The number of nitrogens with zero attached hydrogens (tertiary/aromatic N) is 2. The van der Waals surface area contributed by atoms with Crippen LogP contribution in [-0.2, 0) is 4.84 Å². The molecule has 1 amide bonds. The fourth-order valence-electron chi connectivity index (χ4n) is 2.53. The van der Waals surface area contributed by atoms with Crippen molar-refractivity contribution < 1.29 is 9.63 Å². The highest BCUT2D eigenvalue weighted by Crippen LogP contribution is 2.19. The first-order chi connectivity index (χ1) is 11.3. The summed E-state index contributed by atoms with van der Waals surface area (Å²) in [4.78, 5) is 20.5. The number of carbonyl (C=O) groups excluding carboxylic acids is 1. The van der Waals surface area contributed by atoms with Crippen molar-refractivity contribution in [3.8, 4) is 0 Å². The number of hydrogen-bond acceptors (Lipinski definition) is 4. The Labute approximate surface area is 139 Å². The number of rotatable bonds is 6. The normalized spacial score (nSPS) is 16.5. The van der Waals surface area contributed by atoms with Gasteiger partial charge in [0.25, 0.3) is 5.91 Å². The second-order valence-electron chi connectivity index (χ2n) is 5.31. The van der Waals surface area contributed by atoms with Gasteiger partial charge in [-0.05, 0) is 17.0 Å². The smallest absolute Gasteiger partial charge is 0.264 e. The summed E-state index contributed by atoms with van der Waals surface area (Å²) in [5, 5.41) is 6.08. The maximum atomic E-state index is 12.5. The first-order valence-corrected chi connectivity index (χ1v) is 8.37. The van der Waals surface area contributed by atoms with Gasteiger partial charge in [0.05, 0.1) is 17.1 Å². The monoisotopic (exact) mass is 326 g/mol. The van der Waals surface area contributed by atoms with Crippen LogP contribution in [-0.4, -0.2) is 35.7 Å². The predicted molar refractivity (Wildman–Crippen MR) is 92.9 cm³/mol. The average molecular weight is 326 g/mol. The van der Waals surface area contributed by atoms with Crippen LogP contribution in [0.25, 0.3) is 0 Å². The summed E-state index contributed by atoms with van der Waals surface area (Å²) >= 11 is 1.45. The van der Waals surface area contributed by atoms with E-state index in [1.165, 1.54) is 11.3 Å². The molecule has 0 fully saturated rings. The molecule has 0 bridgehead atoms. The van der Waals surface area contributed by atoms with Crippen molar-refractivity contribution in [2.45, 2.75) is 12.5 Å². The Hall–Kier alpha value is -2.40. The molecule has 1 aromatic heterocycles. The topological polar surface area (TPSA) is 41.9 Å². The summed E-state index contributed by atoms with van der Waals surface area (Å²) in [6.07, 6.45) is 2.32. The van der Waals surface area contributed by atoms with Crippen LogP contribution in [0.2, 0.25) is 0 Å². The van der Waals surface area contributed by atoms with Crippen LogP contribution in [0.4, 0.5) is 0 Å². The van der Waals surface area contributed by atoms with Gasteiger partial charge in [0.1, 0.15) is 0 Å². The maximum absolute atomic E-state index is 12.5. The van der Waals surface area contributed by atoms with Crippen LogP contribution in [0.5, 0.6) is 0 Å². The molecule has 0 N–H and O–H groups in total. The van der Waals surface area contributed by atoms with E-state index in [0.29, 0.717) is 19.5 Å². The lowest BCUT2D eigenvalue weighted by Gasteiger charge is -2.22. The maximum Gasteiger partial charge on any atom is 0.264 e. The van der Waals surface area contributed by atoms with Crippen LogP contribution in [0.3, 0.4) is 0 Å². The van der Waals surface area contributed by atoms with E-state index in [-0.39, 0.29) is 12.0 Å². The second-order valence-corrected chi connectivity index (χ2v) is 6.26. The van der Waals surface area contributed by atoms with Crippen molar-refractivity contribution in [3.63, 3.8) is 0 Å². The van der Waals surface area contributed by atoms with Crippen LogP contribution >= 0.6 is 11.3 Å². The summed E-state index contributed by atoms with van der Waals surface area (Å²) in [5.41, 5.74) is 1.99. The minimum absolute atomic E-state index is 0.0108. The molecular weight excluding hydrogens is 308 g/mol. The zero-order valence-electron chi connectivity index (χ0n) is 12.7. The Morgan fingerprint density at radius 1 is 1.35 bits per heavy atom. The van der Waals surface area contributed by atoms with Crippen molar-refractivity contribution in [3.05, 3.63) is 70.9 Å². The molecule has 1 atom stereocenters. The summed E-state index contributed by atoms with van der Waals surface area (Å²) in [7, 11) is 0. The van der Waals surface area contributed by atoms with E-state index in [1.807, 2.05) is 47.8 Å². The Kier molecular flexibility index (Phi) is 4.88. The highest BCUT2D eigenvalue weighted by Gasteiger charge is 2.26. The highest BCUT2D eigenvalue weighted by molar-refractivity contribution is 7.12. The Morgan fingerprint density at radius 3 is 2.87 bits per heavy atom. The van der Waals surface area contributed by atoms with Gasteiger partial charge in [-0.15, -0.1) is 17.9 Å². The number of hydrogen-bond donors (Lipinski definition) is 0. The number of carbonyl (C=O) groups is 1. The number of benzene rings is 1. The van der Waals surface area contributed by atoms with E-state index in [9.17, 15) is 4.79 Å². The van der Waals surface area contributed by atoms with E-state index >= 15 is 0 Å². The molecule has 0 aliphatic carbocycles. The van der Waals surface area contributed by atoms with Crippen molar-refractivity contribution in [2.75, 3.05) is 13.1 Å². The van der Waals surface area contributed by atoms with Gasteiger partial charge in [0.2, 0.25) is 0 Å². The van der Waals surface area contributed by atoms with E-state index in [0.717, 1.165) is 16.2 Å². The summed E-state index contributed by atoms with van der Waals surface area (Å²) < 4.78 is 0. The molecular formula is C18H18N2O2S. The van der Waals surface area contributed by atoms with Gasteiger partial charge in [0.15, 0.2) is 6.10 Å². The Balaban J connectivity index is 1.64. The number of thiophene rings is 1. The number of oxime groups is 1. The molecule has 23 heavy (non-hydrogen) atoms. The lowest BCUT2D eigenvalue weighted by molar-refractivity contribution is 0.0452. The van der Waals surface area contributed by atoms with Gasteiger partial charge < -0.3 is 9.74 Å². The molecule has 4 nitrogen and oxygen atoms in total. The van der Waals surface area contributed by atoms with Gasteiger partial charge in [-0.1, -0.05) is 47.6 Å². The van der Waals surface area contributed by atoms with Gasteiger partial charge >= 0.3 is 0 Å². The van der Waals surface area contributed by atoms with E-state index in [2.05, 4.69) is 11.7 Å². The van der Waals surface area contributed by atoms with Gasteiger partial charge in [-0.25, -0.2) is 0 Å². The van der Waals surface area contributed by atoms with Crippen LogP contribution in [0.15, 0.2) is 65.7 Å². The van der Waals surface area contributed by atoms with Crippen molar-refractivity contribution in [1.29, 1.82) is 0 Å². The first-order valence-electron chi connectivity index (χ1n) is 7.49. The van der Waals surface area contributed by atoms with Crippen LogP contribution in [0.1, 0.15) is 21.7 Å². The van der Waals surface area contributed by atoms with Crippen molar-refractivity contribution in [1.82, 2.24) is 4.90 Å². The van der Waals surface area contributed by atoms with Crippen LogP contribution in [0, 0.1) is 0 Å². The van der Waals surface area contributed by atoms with Crippen molar-refractivity contribution >= 4 is 23.0 Å². The molecule has 0 saturated heterocycles. The molecule has 0 spiro atoms. The molecule has 1 aliphatic heterocycles. The number of amides is 1. The Morgan fingerprint density at radius 2 is 2.17 bits per heavy atom. The minimum atomic E-state index is -0.117. The molecule has 1 aliphatic rings. The predicted octanol–water partition coefficient (Wildman–Crippen LogP) is 3.57. The molecule has 0 unspecified atom stereocenters. The molecule has 1 aromatic carbocycles. The third-order valence-electron chi connectivity index (χ3n) is 3.63. The molecule has 0 radical (unpaired) electrons. The fourth-order valence-corrected chi connectivity index (χ4v) is 3.22. The van der Waals surface area contributed by atoms with Gasteiger partial charge in [-0.3, -0.25) is 4.79 Å². The van der Waals surface area contributed by atoms with Crippen molar-refractivity contribution in [2.24, 2.45) is 5.16 Å². The standard InChI is InChI=1S/C18H18N2O2S/c1-2-10-20(18(21)17-9-6-11-23-17)13-15-12-16(19-22-15)14-7-4-3-5-8-14/h2-9,11,15H,1,10,12-13H2/t15-/m1/s1. The summed E-state index contributed by atoms with van der Waals surface area (Å²) in [6, 6.07) is 13.7. The van der Waals surface area contributed by atoms with Gasteiger partial charge in [-0.2, -0.15) is 0 Å². The fraction of sp³-hybridized carbons (Fsp3) is 0.222. The molecule has 5 heteroatoms. The van der Waals surface area contributed by atoms with E-state index in [1.54, 1.807) is 11.0 Å². The zero-order chi connectivity index (χ0) is 16.1. The summed E-state index contributed by atoms with van der Waals surface area (Å²) in [5.74, 6) is 0.0108. The highest BCUT2D eigenvalue weighted by atomic mass is 32.1. The second kappa shape index (κ2) is 7.24. The van der Waals surface area contributed by atoms with E-state index < -0.39 is 0 Å². The van der Waals surface area contributed by atoms with Gasteiger partial charge in [0, 0.05) is 13.0 Å². The third kappa shape index (κ3) is 3.68. The van der Waals surface area contributed by atoms with Crippen LogP contribution < -0.4 is 0 Å². The first kappa shape index (κ1) is 15.5. The summed E-state index contributed by atoms with van der Waals surface area (Å²) in [6.45, 7) is 4.74. The lowest BCUT2D eigenvalue weighted by atomic mass is 10.0. The molecule has 2 aromatic rings. The Bertz CT molecular complexity index is 695. The molecule has 2 heterocycles. The quantitative estimate of drug-likeness (QED) is 0.762. The molecule has 118 valence electrons. The minimum Gasteiger partial charge on any atom is -0.390 e.